The van der Waals surface area contributed by atoms with Crippen LogP contribution in [0.25, 0.3) is 11.4 Å². The summed E-state index contributed by atoms with van der Waals surface area (Å²) in [5, 5.41) is 6.42. The Morgan fingerprint density at radius 3 is 2.39 bits per heavy atom. The zero-order chi connectivity index (χ0) is 22.4. The number of halogens is 5. The Balaban J connectivity index is 1.54. The Hall–Kier alpha value is -3.44. The minimum absolute atomic E-state index is 0.0180. The number of aromatic nitrogens is 5. The van der Waals surface area contributed by atoms with E-state index in [9.17, 15) is 26.7 Å². The first kappa shape index (κ1) is 20.8. The summed E-state index contributed by atoms with van der Waals surface area (Å²) >= 11 is 0. The van der Waals surface area contributed by atoms with Crippen LogP contribution in [-0.2, 0) is 18.8 Å². The molecule has 1 aliphatic rings. The van der Waals surface area contributed by atoms with Gasteiger partial charge in [-0.1, -0.05) is 0 Å². The SMILES string of the molecule is Cn1nc(C(F)F)cc1C(=O)NC1(c2cnc(-c3ccnc(C(F)(F)F)c3)nc2)CC1. The van der Waals surface area contributed by atoms with Crippen molar-refractivity contribution in [2.24, 2.45) is 7.05 Å². The first-order valence-electron chi connectivity index (χ1n) is 9.10. The van der Waals surface area contributed by atoms with Gasteiger partial charge in [0, 0.05) is 36.8 Å². The quantitative estimate of drug-likeness (QED) is 0.615. The molecule has 162 valence electrons. The lowest BCUT2D eigenvalue weighted by Gasteiger charge is -2.17. The van der Waals surface area contributed by atoms with E-state index in [-0.39, 0.29) is 17.1 Å². The van der Waals surface area contributed by atoms with Crippen LogP contribution in [0.2, 0.25) is 0 Å². The van der Waals surface area contributed by atoms with Crippen LogP contribution in [0.1, 0.15) is 46.7 Å². The smallest absolute Gasteiger partial charge is 0.341 e. The van der Waals surface area contributed by atoms with Crippen molar-refractivity contribution < 1.29 is 26.7 Å². The normalized spacial score (nSPS) is 15.2. The van der Waals surface area contributed by atoms with Gasteiger partial charge in [-0.15, -0.1) is 0 Å². The summed E-state index contributed by atoms with van der Waals surface area (Å²) in [7, 11) is 1.39. The van der Waals surface area contributed by atoms with Crippen molar-refractivity contribution >= 4 is 5.91 Å². The number of pyridine rings is 1. The number of carbonyl (C=O) groups is 1. The molecule has 1 saturated carbocycles. The molecule has 1 aliphatic carbocycles. The maximum absolute atomic E-state index is 12.9. The van der Waals surface area contributed by atoms with Gasteiger partial charge in [0.25, 0.3) is 12.3 Å². The fraction of sp³-hybridized carbons (Fsp3) is 0.316. The van der Waals surface area contributed by atoms with Crippen LogP contribution in [-0.4, -0.2) is 30.6 Å². The van der Waals surface area contributed by atoms with Crippen LogP contribution in [0.15, 0.2) is 36.8 Å². The van der Waals surface area contributed by atoms with Gasteiger partial charge in [-0.05, 0) is 31.0 Å². The van der Waals surface area contributed by atoms with E-state index in [1.807, 2.05) is 0 Å². The number of aryl methyl sites for hydroxylation is 1. The monoisotopic (exact) mass is 438 g/mol. The molecule has 0 spiro atoms. The van der Waals surface area contributed by atoms with Gasteiger partial charge in [0.2, 0.25) is 0 Å². The van der Waals surface area contributed by atoms with E-state index in [0.29, 0.717) is 18.4 Å². The topological polar surface area (TPSA) is 85.6 Å². The molecule has 0 atom stereocenters. The van der Waals surface area contributed by atoms with E-state index < -0.39 is 35.4 Å². The third-order valence-electron chi connectivity index (χ3n) is 4.97. The summed E-state index contributed by atoms with van der Waals surface area (Å²) in [6, 6.07) is 3.24. The minimum Gasteiger partial charge on any atom is -0.341 e. The molecule has 31 heavy (non-hydrogen) atoms. The fourth-order valence-electron chi connectivity index (χ4n) is 3.15. The summed E-state index contributed by atoms with van der Waals surface area (Å²) in [5.41, 5.74) is -1.62. The van der Waals surface area contributed by atoms with Crippen molar-refractivity contribution in [2.75, 3.05) is 0 Å². The first-order valence-corrected chi connectivity index (χ1v) is 9.10. The lowest BCUT2D eigenvalue weighted by molar-refractivity contribution is -0.141. The largest absolute Gasteiger partial charge is 0.433 e. The summed E-state index contributed by atoms with van der Waals surface area (Å²) in [5.74, 6) is -0.501. The van der Waals surface area contributed by atoms with E-state index in [2.05, 4.69) is 25.4 Å². The van der Waals surface area contributed by atoms with Crippen LogP contribution in [0, 0.1) is 0 Å². The molecule has 0 aromatic carbocycles. The average molecular weight is 438 g/mol. The van der Waals surface area contributed by atoms with E-state index in [4.69, 9.17) is 0 Å². The summed E-state index contributed by atoms with van der Waals surface area (Å²) < 4.78 is 65.3. The minimum atomic E-state index is -4.59. The second kappa shape index (κ2) is 7.36. The predicted octanol–water partition coefficient (Wildman–Crippen LogP) is 3.65. The lowest BCUT2D eigenvalue weighted by atomic mass is 10.1. The summed E-state index contributed by atoms with van der Waals surface area (Å²) in [6.07, 6.45) is -2.35. The second-order valence-corrected chi connectivity index (χ2v) is 7.14. The number of rotatable bonds is 5. The number of alkyl halides is 5. The molecule has 3 aromatic heterocycles. The molecule has 3 heterocycles. The highest BCUT2D eigenvalue weighted by Gasteiger charge is 2.47. The molecule has 0 saturated heterocycles. The van der Waals surface area contributed by atoms with E-state index in [0.717, 1.165) is 23.0 Å². The maximum atomic E-state index is 12.9. The molecular formula is C19H15F5N6O. The van der Waals surface area contributed by atoms with Gasteiger partial charge < -0.3 is 5.32 Å². The van der Waals surface area contributed by atoms with E-state index in [1.165, 1.54) is 25.5 Å². The molecule has 0 radical (unpaired) electrons. The van der Waals surface area contributed by atoms with Crippen molar-refractivity contribution in [1.29, 1.82) is 0 Å². The number of nitrogens with zero attached hydrogens (tertiary/aromatic N) is 5. The number of hydrogen-bond acceptors (Lipinski definition) is 5. The van der Waals surface area contributed by atoms with Gasteiger partial charge in [0.05, 0.1) is 5.54 Å². The van der Waals surface area contributed by atoms with Gasteiger partial charge in [0.15, 0.2) is 5.82 Å². The molecule has 1 N–H and O–H groups in total. The second-order valence-electron chi connectivity index (χ2n) is 7.14. The maximum Gasteiger partial charge on any atom is 0.433 e. The molecule has 0 unspecified atom stereocenters. The van der Waals surface area contributed by atoms with Crippen LogP contribution in [0.5, 0.6) is 0 Å². The Morgan fingerprint density at radius 2 is 1.84 bits per heavy atom. The Bertz CT molecular complexity index is 1120. The lowest BCUT2D eigenvalue weighted by Crippen LogP contribution is -2.36. The molecule has 7 nitrogen and oxygen atoms in total. The van der Waals surface area contributed by atoms with Crippen molar-refractivity contribution in [1.82, 2.24) is 30.0 Å². The van der Waals surface area contributed by atoms with Crippen molar-refractivity contribution in [3.05, 3.63) is 59.4 Å². The highest BCUT2D eigenvalue weighted by Crippen LogP contribution is 2.45. The fourth-order valence-corrected chi connectivity index (χ4v) is 3.15. The highest BCUT2D eigenvalue weighted by molar-refractivity contribution is 5.93. The van der Waals surface area contributed by atoms with Crippen molar-refractivity contribution in [2.45, 2.75) is 31.0 Å². The molecule has 1 amide bonds. The Kier molecular flexibility index (Phi) is 4.94. The zero-order valence-electron chi connectivity index (χ0n) is 16.0. The zero-order valence-corrected chi connectivity index (χ0v) is 16.0. The molecule has 1 fully saturated rings. The molecular weight excluding hydrogens is 423 g/mol. The molecule has 0 aliphatic heterocycles. The standard InChI is InChI=1S/C19H15F5N6O/c1-30-13(7-12(29-30)15(20)21)17(31)28-18(3-4-18)11-8-26-16(27-9-11)10-2-5-25-14(6-10)19(22,23)24/h2,5-9,15H,3-4H2,1H3,(H,28,31). The number of carbonyl (C=O) groups excluding carboxylic acids is 1. The van der Waals surface area contributed by atoms with E-state index >= 15 is 0 Å². The van der Waals surface area contributed by atoms with Crippen LogP contribution in [0.3, 0.4) is 0 Å². The van der Waals surface area contributed by atoms with Crippen LogP contribution in [0.4, 0.5) is 22.0 Å². The van der Waals surface area contributed by atoms with Gasteiger partial charge in [-0.2, -0.15) is 18.3 Å². The predicted molar refractivity (Wildman–Crippen MR) is 96.8 cm³/mol. The third-order valence-corrected chi connectivity index (χ3v) is 4.97. The first-order chi connectivity index (χ1) is 14.6. The Morgan fingerprint density at radius 1 is 1.16 bits per heavy atom. The summed E-state index contributed by atoms with van der Waals surface area (Å²) in [4.78, 5) is 24.1. The molecule has 12 heteroatoms. The third kappa shape index (κ3) is 4.09. The van der Waals surface area contributed by atoms with Crippen molar-refractivity contribution in [3.8, 4) is 11.4 Å². The average Bonchev–Trinajstić information content (AvgIpc) is 3.39. The number of amides is 1. The molecule has 3 aromatic rings. The van der Waals surface area contributed by atoms with E-state index in [1.54, 1.807) is 0 Å². The van der Waals surface area contributed by atoms with Gasteiger partial charge in [-0.3, -0.25) is 14.5 Å². The molecule has 0 bridgehead atoms. The highest BCUT2D eigenvalue weighted by atomic mass is 19.4. The number of nitrogens with one attached hydrogen (secondary N) is 1. The van der Waals surface area contributed by atoms with Gasteiger partial charge in [0.1, 0.15) is 17.1 Å². The molecule has 4 rings (SSSR count). The van der Waals surface area contributed by atoms with Gasteiger partial charge >= 0.3 is 6.18 Å². The van der Waals surface area contributed by atoms with Gasteiger partial charge in [-0.25, -0.2) is 18.7 Å². The summed E-state index contributed by atoms with van der Waals surface area (Å²) in [6.45, 7) is 0. The Labute approximate surface area is 172 Å². The van der Waals surface area contributed by atoms with Crippen LogP contribution >= 0.6 is 0 Å². The number of hydrogen-bond donors (Lipinski definition) is 1. The van der Waals surface area contributed by atoms with Crippen LogP contribution < -0.4 is 5.32 Å². The van der Waals surface area contributed by atoms with Crippen molar-refractivity contribution in [3.63, 3.8) is 0 Å².